The average Bonchev–Trinajstić information content (AvgIpc) is 2.76. The number of nitrogens with zero attached hydrogens (tertiary/aromatic N) is 2. The molecule has 0 saturated heterocycles. The van der Waals surface area contributed by atoms with Crippen molar-refractivity contribution in [3.8, 4) is 0 Å². The first-order valence-electron chi connectivity index (χ1n) is 4.63. The number of hydrogen-bond donors (Lipinski definition) is 1. The van der Waals surface area contributed by atoms with Crippen LogP contribution >= 0.6 is 27.5 Å². The van der Waals surface area contributed by atoms with Crippen LogP contribution < -0.4 is 5.73 Å². The predicted octanol–water partition coefficient (Wildman–Crippen LogP) is 2.68. The molecule has 3 nitrogen and oxygen atoms in total. The largest absolute Gasteiger partial charge is 0.323 e. The Bertz CT molecular complexity index is 475. The first kappa shape index (κ1) is 11.6. The molecular weight excluding hydrogens is 293 g/mol. The second-order valence-electron chi connectivity index (χ2n) is 3.37. The van der Waals surface area contributed by atoms with E-state index in [1.807, 2.05) is 0 Å². The van der Waals surface area contributed by atoms with Gasteiger partial charge in [-0.2, -0.15) is 0 Å². The Hall–Kier alpha value is -0.850. The molecular formula is C10H9BrFN3S. The molecule has 2 aromatic rings. The number of benzene rings is 1. The van der Waals surface area contributed by atoms with Crippen molar-refractivity contribution in [1.29, 1.82) is 0 Å². The van der Waals surface area contributed by atoms with E-state index in [4.69, 9.17) is 5.73 Å². The third-order valence-electron chi connectivity index (χ3n) is 2.19. The lowest BCUT2D eigenvalue weighted by Gasteiger charge is -2.09. The van der Waals surface area contributed by atoms with E-state index < -0.39 is 0 Å². The van der Waals surface area contributed by atoms with Gasteiger partial charge in [0.05, 0.1) is 11.1 Å². The average molecular weight is 302 g/mol. The van der Waals surface area contributed by atoms with Crippen LogP contribution in [0.5, 0.6) is 0 Å². The summed E-state index contributed by atoms with van der Waals surface area (Å²) in [6, 6.07) is 4.57. The third-order valence-corrected chi connectivity index (χ3v) is 3.48. The van der Waals surface area contributed by atoms with Gasteiger partial charge in [0, 0.05) is 10.5 Å². The molecule has 16 heavy (non-hydrogen) atoms. The monoisotopic (exact) mass is 301 g/mol. The van der Waals surface area contributed by atoms with Gasteiger partial charge in [0.15, 0.2) is 0 Å². The summed E-state index contributed by atoms with van der Waals surface area (Å²) >= 11 is 4.55. The summed E-state index contributed by atoms with van der Waals surface area (Å²) in [6.07, 6.45) is 2.06. The Morgan fingerprint density at radius 3 is 3.00 bits per heavy atom. The van der Waals surface area contributed by atoms with E-state index >= 15 is 0 Å². The summed E-state index contributed by atoms with van der Waals surface area (Å²) in [5.41, 5.74) is 6.53. The Morgan fingerprint density at radius 2 is 2.31 bits per heavy atom. The van der Waals surface area contributed by atoms with Gasteiger partial charge in [-0.15, -0.1) is 5.10 Å². The molecule has 1 unspecified atom stereocenters. The van der Waals surface area contributed by atoms with Gasteiger partial charge in [0.2, 0.25) is 0 Å². The van der Waals surface area contributed by atoms with Crippen molar-refractivity contribution < 1.29 is 4.39 Å². The second kappa shape index (κ2) is 4.99. The lowest BCUT2D eigenvalue weighted by Crippen LogP contribution is -2.12. The minimum atomic E-state index is -0.260. The lowest BCUT2D eigenvalue weighted by atomic mass is 10.1. The molecule has 1 aromatic carbocycles. The Labute approximate surface area is 105 Å². The summed E-state index contributed by atoms with van der Waals surface area (Å²) in [6.45, 7) is 0. The minimum absolute atomic E-state index is 0.240. The van der Waals surface area contributed by atoms with Crippen LogP contribution in [0.25, 0.3) is 0 Å². The fraction of sp³-hybridized carbons (Fsp3) is 0.200. The van der Waals surface area contributed by atoms with Gasteiger partial charge in [-0.1, -0.05) is 20.4 Å². The van der Waals surface area contributed by atoms with Crippen LogP contribution in [0.4, 0.5) is 4.39 Å². The highest BCUT2D eigenvalue weighted by Gasteiger charge is 2.12. The molecule has 0 spiro atoms. The number of halogens is 2. The molecule has 1 aromatic heterocycles. The molecule has 0 saturated carbocycles. The van der Waals surface area contributed by atoms with E-state index in [-0.39, 0.29) is 11.9 Å². The first-order chi connectivity index (χ1) is 7.66. The van der Waals surface area contributed by atoms with Crippen molar-refractivity contribution in [2.45, 2.75) is 12.5 Å². The maximum atomic E-state index is 13.5. The standard InChI is InChI=1S/C10H9BrFN3S/c11-7-1-2-8(12)6(3-7)4-9(13)10-5-14-15-16-10/h1-3,5,9H,4,13H2. The van der Waals surface area contributed by atoms with Crippen LogP contribution in [0.2, 0.25) is 0 Å². The maximum Gasteiger partial charge on any atom is 0.126 e. The highest BCUT2D eigenvalue weighted by atomic mass is 79.9. The zero-order valence-electron chi connectivity index (χ0n) is 8.23. The van der Waals surface area contributed by atoms with Crippen molar-refractivity contribution in [1.82, 2.24) is 9.59 Å². The van der Waals surface area contributed by atoms with Gasteiger partial charge in [-0.25, -0.2) is 4.39 Å². The molecule has 2 N–H and O–H groups in total. The fourth-order valence-corrected chi connectivity index (χ4v) is 2.29. The van der Waals surface area contributed by atoms with Crippen LogP contribution in [0.1, 0.15) is 16.5 Å². The Morgan fingerprint density at radius 1 is 1.50 bits per heavy atom. The second-order valence-corrected chi connectivity index (χ2v) is 5.10. The topological polar surface area (TPSA) is 51.8 Å². The summed E-state index contributed by atoms with van der Waals surface area (Å²) in [5.74, 6) is -0.240. The van der Waals surface area contributed by atoms with E-state index in [1.54, 1.807) is 18.3 Å². The fourth-order valence-electron chi connectivity index (χ4n) is 1.38. The normalized spacial score (nSPS) is 12.7. The van der Waals surface area contributed by atoms with Crippen LogP contribution in [0.3, 0.4) is 0 Å². The van der Waals surface area contributed by atoms with Crippen LogP contribution in [-0.4, -0.2) is 9.59 Å². The molecule has 1 atom stereocenters. The minimum Gasteiger partial charge on any atom is -0.323 e. The van der Waals surface area contributed by atoms with Crippen molar-refractivity contribution in [2.24, 2.45) is 5.73 Å². The van der Waals surface area contributed by atoms with Crippen molar-refractivity contribution in [3.63, 3.8) is 0 Å². The highest BCUT2D eigenvalue weighted by molar-refractivity contribution is 9.10. The van der Waals surface area contributed by atoms with E-state index in [2.05, 4.69) is 25.5 Å². The van der Waals surface area contributed by atoms with Gasteiger partial charge in [-0.05, 0) is 41.7 Å². The van der Waals surface area contributed by atoms with E-state index in [0.717, 1.165) is 9.35 Å². The Kier molecular flexibility index (Phi) is 3.63. The number of aromatic nitrogens is 2. The summed E-state index contributed by atoms with van der Waals surface area (Å²) in [7, 11) is 0. The first-order valence-corrected chi connectivity index (χ1v) is 6.20. The molecule has 0 bridgehead atoms. The van der Waals surface area contributed by atoms with E-state index in [9.17, 15) is 4.39 Å². The molecule has 2 rings (SSSR count). The highest BCUT2D eigenvalue weighted by Crippen LogP contribution is 2.22. The molecule has 84 valence electrons. The van der Waals surface area contributed by atoms with Gasteiger partial charge >= 0.3 is 0 Å². The van der Waals surface area contributed by atoms with Crippen molar-refractivity contribution in [3.05, 3.63) is 45.1 Å². The quantitative estimate of drug-likeness (QED) is 0.948. The summed E-state index contributed by atoms with van der Waals surface area (Å²) < 4.78 is 18.0. The smallest absolute Gasteiger partial charge is 0.126 e. The van der Waals surface area contributed by atoms with Crippen LogP contribution in [-0.2, 0) is 6.42 Å². The van der Waals surface area contributed by atoms with Crippen molar-refractivity contribution in [2.75, 3.05) is 0 Å². The molecule has 0 aliphatic heterocycles. The molecule has 0 radical (unpaired) electrons. The molecule has 0 fully saturated rings. The van der Waals surface area contributed by atoms with Gasteiger partial charge in [0.1, 0.15) is 5.82 Å². The third kappa shape index (κ3) is 2.63. The van der Waals surface area contributed by atoms with Gasteiger partial charge < -0.3 is 5.73 Å². The lowest BCUT2D eigenvalue weighted by molar-refractivity contribution is 0.594. The van der Waals surface area contributed by atoms with E-state index in [1.165, 1.54) is 17.6 Å². The summed E-state index contributed by atoms with van der Waals surface area (Å²) in [4.78, 5) is 0.861. The zero-order chi connectivity index (χ0) is 11.5. The van der Waals surface area contributed by atoms with E-state index in [0.29, 0.717) is 12.0 Å². The van der Waals surface area contributed by atoms with Gasteiger partial charge in [-0.3, -0.25) is 0 Å². The zero-order valence-corrected chi connectivity index (χ0v) is 10.6. The maximum absolute atomic E-state index is 13.5. The number of hydrogen-bond acceptors (Lipinski definition) is 4. The predicted molar refractivity (Wildman–Crippen MR) is 64.6 cm³/mol. The van der Waals surface area contributed by atoms with Gasteiger partial charge in [0.25, 0.3) is 0 Å². The van der Waals surface area contributed by atoms with Crippen molar-refractivity contribution >= 4 is 27.5 Å². The number of nitrogens with two attached hydrogens (primary N) is 1. The molecule has 0 amide bonds. The molecule has 6 heteroatoms. The SMILES string of the molecule is NC(Cc1cc(Br)ccc1F)c1cnns1. The molecule has 0 aliphatic rings. The van der Waals surface area contributed by atoms with Crippen LogP contribution in [0, 0.1) is 5.82 Å². The Balaban J connectivity index is 2.17. The number of rotatable bonds is 3. The van der Waals surface area contributed by atoms with Crippen LogP contribution in [0.15, 0.2) is 28.9 Å². The summed E-state index contributed by atoms with van der Waals surface area (Å²) in [5, 5.41) is 3.71. The molecule has 0 aliphatic carbocycles. The molecule has 1 heterocycles.